The Labute approximate surface area is 292 Å². The van der Waals surface area contributed by atoms with Crippen LogP contribution in [0, 0.1) is 0 Å². The second-order valence-electron chi connectivity index (χ2n) is 13.6. The summed E-state index contributed by atoms with van der Waals surface area (Å²) >= 11 is 0. The minimum Gasteiger partial charge on any atom is -0.481 e. The van der Waals surface area contributed by atoms with Crippen LogP contribution in [0.4, 0.5) is 0 Å². The van der Waals surface area contributed by atoms with Crippen LogP contribution in [0.1, 0.15) is 110 Å². The smallest absolute Gasteiger partial charge is 0.369 e. The summed E-state index contributed by atoms with van der Waals surface area (Å²) in [5.74, 6) is -5.93. The molecule has 2 aliphatic rings. The first kappa shape index (κ1) is 40.4. The number of hydrogen-bond donors (Lipinski definition) is 3. The number of carboxylic acids is 1. The topological polar surface area (TPSA) is 210 Å². The summed E-state index contributed by atoms with van der Waals surface area (Å²) in [6.07, 6.45) is 0.624. The van der Waals surface area contributed by atoms with Gasteiger partial charge in [-0.3, -0.25) is 9.59 Å². The Hall–Kier alpha value is -4.08. The monoisotopic (exact) mass is 705 g/mol. The number of unbranched alkanes of at least 4 members (excludes halogenated alkanes) is 3. The van der Waals surface area contributed by atoms with E-state index in [0.29, 0.717) is 24.0 Å². The molecule has 6 unspecified atom stereocenters. The maximum Gasteiger partial charge on any atom is 0.369 e. The number of carbonyl (C=O) groups is 6. The van der Waals surface area contributed by atoms with Crippen LogP contribution in [0.3, 0.4) is 0 Å². The molecule has 2 aliphatic heterocycles. The summed E-state index contributed by atoms with van der Waals surface area (Å²) in [4.78, 5) is 96.6. The Balaban J connectivity index is 2.41. The minimum atomic E-state index is -2.03. The molecule has 0 aromatic heterocycles. The highest BCUT2D eigenvalue weighted by molar-refractivity contribution is 5.88. The molecule has 1 aromatic carbocycles. The van der Waals surface area contributed by atoms with Gasteiger partial charge in [0, 0.05) is 12.5 Å². The molecule has 50 heavy (non-hydrogen) atoms. The van der Waals surface area contributed by atoms with E-state index in [9.17, 15) is 33.9 Å². The lowest BCUT2D eigenvalue weighted by atomic mass is 9.64. The highest BCUT2D eigenvalue weighted by atomic mass is 17.2. The van der Waals surface area contributed by atoms with Gasteiger partial charge in [0.1, 0.15) is 17.1 Å². The summed E-state index contributed by atoms with van der Waals surface area (Å²) in [6, 6.07) is 3.03. The van der Waals surface area contributed by atoms with Crippen LogP contribution in [0.5, 0.6) is 0 Å². The number of rotatable bonds is 13. The number of carbonyl (C=O) groups excluding carboxylic acids is 5. The predicted octanol–water partition coefficient (Wildman–Crippen LogP) is 3.15. The van der Waals surface area contributed by atoms with Crippen LogP contribution in [-0.4, -0.2) is 82.5 Å². The van der Waals surface area contributed by atoms with Crippen molar-refractivity contribution in [2.75, 3.05) is 6.54 Å². The van der Waals surface area contributed by atoms with Gasteiger partial charge in [0.15, 0.2) is 0 Å². The Morgan fingerprint density at radius 1 is 1.00 bits per heavy atom. The van der Waals surface area contributed by atoms with Crippen molar-refractivity contribution in [2.24, 2.45) is 5.73 Å². The first-order valence-corrected chi connectivity index (χ1v) is 17.3. The molecule has 2 bridgehead atoms. The van der Waals surface area contributed by atoms with Gasteiger partial charge < -0.3 is 30.5 Å². The standard InChI is InChI=1S/C35H51N3O12/c1-6-8-9-19-28(41)49-50-33(45)35-23-16-11-10-15-22(23)20-24(36)31(43)48-38(26(35)17-12-13-18-27(39)40)30(32(44)47-34(3,4)5)46-29(42)21-37-25(35)14-7-2/h10-11,15-16,24-26,30,37H,6-9,12-14,17-21,36H2,1-5H3,(H,39,40). The summed E-state index contributed by atoms with van der Waals surface area (Å²) in [7, 11) is 0. The molecular weight excluding hydrogens is 654 g/mol. The molecule has 1 fully saturated rings. The fourth-order valence-corrected chi connectivity index (χ4v) is 6.45. The number of hydroxylamine groups is 2. The van der Waals surface area contributed by atoms with Crippen LogP contribution >= 0.6 is 0 Å². The van der Waals surface area contributed by atoms with Gasteiger partial charge in [0.05, 0.1) is 19.0 Å². The molecule has 15 nitrogen and oxygen atoms in total. The molecular formula is C35H51N3O12. The van der Waals surface area contributed by atoms with E-state index in [1.165, 1.54) is 0 Å². The van der Waals surface area contributed by atoms with Crippen LogP contribution < -0.4 is 11.1 Å². The van der Waals surface area contributed by atoms with E-state index in [0.717, 1.165) is 17.9 Å². The number of nitrogens with two attached hydrogens (primary N) is 1. The number of carboxylic acid groups (broad SMARTS) is 1. The van der Waals surface area contributed by atoms with E-state index in [1.807, 2.05) is 13.8 Å². The number of aliphatic carboxylic acids is 1. The van der Waals surface area contributed by atoms with Gasteiger partial charge in [0.25, 0.3) is 6.23 Å². The number of hydrogen-bond acceptors (Lipinski definition) is 14. The van der Waals surface area contributed by atoms with Gasteiger partial charge in [-0.05, 0) is 64.0 Å². The van der Waals surface area contributed by atoms with E-state index in [4.69, 9.17) is 29.8 Å². The third-order valence-electron chi connectivity index (χ3n) is 8.59. The van der Waals surface area contributed by atoms with Gasteiger partial charge in [-0.2, -0.15) is 0 Å². The molecule has 1 saturated heterocycles. The number of benzene rings is 1. The fraction of sp³-hybridized carbons (Fsp3) is 0.657. The second kappa shape index (κ2) is 18.2. The second-order valence-corrected chi connectivity index (χ2v) is 13.6. The molecule has 0 saturated carbocycles. The molecule has 2 heterocycles. The van der Waals surface area contributed by atoms with Crippen molar-refractivity contribution in [2.45, 2.75) is 141 Å². The van der Waals surface area contributed by atoms with E-state index in [1.54, 1.807) is 45.0 Å². The zero-order valence-electron chi connectivity index (χ0n) is 29.6. The summed E-state index contributed by atoms with van der Waals surface area (Å²) < 4.78 is 11.3. The molecule has 278 valence electrons. The third kappa shape index (κ3) is 10.2. The Morgan fingerprint density at radius 3 is 2.36 bits per heavy atom. The Morgan fingerprint density at radius 2 is 1.70 bits per heavy atom. The van der Waals surface area contributed by atoms with Crippen LogP contribution in [-0.2, 0) is 64.7 Å². The van der Waals surface area contributed by atoms with E-state index in [2.05, 4.69) is 5.32 Å². The van der Waals surface area contributed by atoms with E-state index in [-0.39, 0.29) is 44.9 Å². The predicted molar refractivity (Wildman–Crippen MR) is 176 cm³/mol. The van der Waals surface area contributed by atoms with E-state index >= 15 is 0 Å². The number of cyclic esters (lactones) is 1. The zero-order chi connectivity index (χ0) is 37.1. The van der Waals surface area contributed by atoms with Gasteiger partial charge in [0.2, 0.25) is 0 Å². The molecule has 6 atom stereocenters. The number of nitrogens with zero attached hydrogens (tertiary/aromatic N) is 1. The fourth-order valence-electron chi connectivity index (χ4n) is 6.45. The largest absolute Gasteiger partial charge is 0.481 e. The third-order valence-corrected chi connectivity index (χ3v) is 8.59. The number of ether oxygens (including phenoxy) is 2. The minimum absolute atomic E-state index is 0.0123. The molecule has 0 aliphatic carbocycles. The van der Waals surface area contributed by atoms with Gasteiger partial charge >= 0.3 is 35.8 Å². The maximum atomic E-state index is 15.0. The average molecular weight is 706 g/mol. The highest BCUT2D eigenvalue weighted by Gasteiger charge is 2.62. The zero-order valence-corrected chi connectivity index (χ0v) is 29.6. The number of esters is 2. The molecule has 0 radical (unpaired) electrons. The molecule has 0 spiro atoms. The lowest BCUT2D eigenvalue weighted by Crippen LogP contribution is -2.67. The Kier molecular flexibility index (Phi) is 14.7. The molecule has 0 amide bonds. The first-order chi connectivity index (χ1) is 23.6. The SMILES string of the molecule is CCCCCC(=O)OOC(=O)C12c3ccccc3CC(N)C(=O)ON(C(C(=O)OC(C)(C)C)OC(=O)CNC1CCC)C2CCCCC(=O)O. The number of nitrogens with one attached hydrogen (secondary N) is 1. The van der Waals surface area contributed by atoms with Gasteiger partial charge in [-0.25, -0.2) is 29.0 Å². The quantitative estimate of drug-likeness (QED) is 0.117. The van der Waals surface area contributed by atoms with Crippen LogP contribution in [0.15, 0.2) is 24.3 Å². The van der Waals surface area contributed by atoms with Crippen molar-refractivity contribution in [3.05, 3.63) is 35.4 Å². The lowest BCUT2D eigenvalue weighted by Gasteiger charge is -2.47. The van der Waals surface area contributed by atoms with Crippen molar-refractivity contribution in [3.8, 4) is 0 Å². The first-order valence-electron chi connectivity index (χ1n) is 17.3. The molecule has 3 rings (SSSR count). The van der Waals surface area contributed by atoms with Crippen molar-refractivity contribution in [1.82, 2.24) is 10.4 Å². The van der Waals surface area contributed by atoms with Crippen LogP contribution in [0.2, 0.25) is 0 Å². The summed E-state index contributed by atoms with van der Waals surface area (Å²) in [5, 5.41) is 13.4. The molecule has 1 aromatic rings. The lowest BCUT2D eigenvalue weighted by molar-refractivity contribution is -0.283. The number of fused-ring (bicyclic) bond motifs is 4. The normalized spacial score (nSPS) is 25.4. The molecule has 4 N–H and O–H groups in total. The Bertz CT molecular complexity index is 1380. The molecule has 15 heteroatoms. The summed E-state index contributed by atoms with van der Waals surface area (Å²) in [6.45, 7) is 8.13. The summed E-state index contributed by atoms with van der Waals surface area (Å²) in [5.41, 5.74) is 4.06. The van der Waals surface area contributed by atoms with Crippen molar-refractivity contribution >= 4 is 35.8 Å². The average Bonchev–Trinajstić information content (AvgIpc) is 3.11. The van der Waals surface area contributed by atoms with Gasteiger partial charge in [-0.15, -0.1) is 0 Å². The maximum absolute atomic E-state index is 15.0. The highest BCUT2D eigenvalue weighted by Crippen LogP contribution is 2.44. The van der Waals surface area contributed by atoms with Gasteiger partial charge in [-0.1, -0.05) is 68.9 Å². The van der Waals surface area contributed by atoms with E-state index < -0.39 is 77.7 Å². The van der Waals surface area contributed by atoms with Crippen molar-refractivity contribution in [1.29, 1.82) is 0 Å². The van der Waals surface area contributed by atoms with Crippen LogP contribution in [0.25, 0.3) is 0 Å². The van der Waals surface area contributed by atoms with Crippen molar-refractivity contribution < 1.29 is 58.0 Å². The van der Waals surface area contributed by atoms with Crippen molar-refractivity contribution in [3.63, 3.8) is 0 Å².